The van der Waals surface area contributed by atoms with Crippen LogP contribution >= 0.6 is 11.6 Å². The van der Waals surface area contributed by atoms with Crippen molar-refractivity contribution in [2.75, 3.05) is 0 Å². The van der Waals surface area contributed by atoms with Gasteiger partial charge in [0.25, 0.3) is 0 Å². The fraction of sp³-hybridized carbons (Fsp3) is 0.750. The summed E-state index contributed by atoms with van der Waals surface area (Å²) in [5, 5.41) is 15.3. The molecule has 1 aromatic rings. The van der Waals surface area contributed by atoms with Crippen LogP contribution in [0.5, 0.6) is 0 Å². The lowest BCUT2D eigenvalue weighted by Gasteiger charge is -2.37. The summed E-state index contributed by atoms with van der Waals surface area (Å²) < 4.78 is 1.64. The molecular weight excluding hydrogens is 224 g/mol. The van der Waals surface area contributed by atoms with E-state index < -0.39 is 5.60 Å². The molecule has 1 unspecified atom stereocenters. The highest BCUT2D eigenvalue weighted by molar-refractivity contribution is 6.30. The average Bonchev–Trinajstić information content (AvgIpc) is 2.30. The van der Waals surface area contributed by atoms with Crippen LogP contribution < -0.4 is 0 Å². The number of rotatable bonds is 2. The van der Waals surface area contributed by atoms with E-state index in [1.54, 1.807) is 4.68 Å². The van der Waals surface area contributed by atoms with E-state index >= 15 is 0 Å². The van der Waals surface area contributed by atoms with Crippen molar-refractivity contribution in [2.24, 2.45) is 12.5 Å². The summed E-state index contributed by atoms with van der Waals surface area (Å²) >= 11 is 6.16. The van der Waals surface area contributed by atoms with Gasteiger partial charge in [-0.2, -0.15) is 5.10 Å². The first-order valence-corrected chi connectivity index (χ1v) is 5.84. The maximum Gasteiger partial charge on any atom is 0.130 e. The summed E-state index contributed by atoms with van der Waals surface area (Å²) in [5.74, 6) is 0. The minimum Gasteiger partial charge on any atom is -0.389 e. The molecule has 1 atom stereocenters. The summed E-state index contributed by atoms with van der Waals surface area (Å²) in [6.45, 7) is 9.82. The van der Waals surface area contributed by atoms with Gasteiger partial charge in [0, 0.05) is 19.0 Å². The molecule has 0 saturated carbocycles. The molecule has 16 heavy (non-hydrogen) atoms. The number of nitrogens with zero attached hydrogens (tertiary/aromatic N) is 2. The summed E-state index contributed by atoms with van der Waals surface area (Å²) in [6.07, 6.45) is 0.523. The molecule has 1 rings (SSSR count). The van der Waals surface area contributed by atoms with Gasteiger partial charge in [-0.1, -0.05) is 32.4 Å². The second kappa shape index (κ2) is 4.04. The zero-order valence-electron chi connectivity index (χ0n) is 10.9. The minimum atomic E-state index is -0.801. The highest BCUT2D eigenvalue weighted by atomic mass is 35.5. The number of halogens is 1. The third kappa shape index (κ3) is 2.41. The van der Waals surface area contributed by atoms with Crippen molar-refractivity contribution in [2.45, 2.75) is 46.6 Å². The zero-order chi connectivity index (χ0) is 12.7. The van der Waals surface area contributed by atoms with Gasteiger partial charge in [0.05, 0.1) is 11.3 Å². The Morgan fingerprint density at radius 3 is 2.12 bits per heavy atom. The van der Waals surface area contributed by atoms with Gasteiger partial charge in [-0.05, 0) is 19.3 Å². The molecule has 4 heteroatoms. The van der Waals surface area contributed by atoms with Crippen molar-refractivity contribution in [1.82, 2.24) is 9.78 Å². The molecule has 0 fully saturated rings. The molecule has 1 aromatic heterocycles. The first-order chi connectivity index (χ1) is 7.06. The van der Waals surface area contributed by atoms with Crippen LogP contribution in [0.3, 0.4) is 0 Å². The van der Waals surface area contributed by atoms with Gasteiger partial charge in [-0.15, -0.1) is 0 Å². The molecule has 0 saturated heterocycles. The van der Waals surface area contributed by atoms with E-state index in [9.17, 15) is 5.11 Å². The summed E-state index contributed by atoms with van der Waals surface area (Å²) in [6, 6.07) is 0. The van der Waals surface area contributed by atoms with Crippen LogP contribution in [-0.4, -0.2) is 20.5 Å². The van der Waals surface area contributed by atoms with Crippen LogP contribution in [0.4, 0.5) is 0 Å². The first kappa shape index (κ1) is 13.5. The lowest BCUT2D eigenvalue weighted by atomic mass is 9.74. The van der Waals surface area contributed by atoms with E-state index in [1.165, 1.54) is 0 Å². The lowest BCUT2D eigenvalue weighted by molar-refractivity contribution is -0.0406. The van der Waals surface area contributed by atoms with Gasteiger partial charge < -0.3 is 5.11 Å². The largest absolute Gasteiger partial charge is 0.389 e. The molecule has 0 bridgehead atoms. The van der Waals surface area contributed by atoms with Crippen molar-refractivity contribution in [1.29, 1.82) is 0 Å². The highest BCUT2D eigenvalue weighted by Crippen LogP contribution is 2.35. The quantitative estimate of drug-likeness (QED) is 0.869. The Hall–Kier alpha value is -0.540. The van der Waals surface area contributed by atoms with Crippen LogP contribution in [-0.2, 0) is 13.5 Å². The number of hydrogen-bond acceptors (Lipinski definition) is 2. The van der Waals surface area contributed by atoms with E-state index in [2.05, 4.69) is 5.10 Å². The maximum atomic E-state index is 10.5. The number of hydrogen-bond donors (Lipinski definition) is 1. The fourth-order valence-corrected chi connectivity index (χ4v) is 1.73. The molecule has 0 amide bonds. The zero-order valence-corrected chi connectivity index (χ0v) is 11.7. The number of aliphatic hydroxyl groups is 1. The Kier molecular flexibility index (Phi) is 3.42. The number of aromatic nitrogens is 2. The topological polar surface area (TPSA) is 38.0 Å². The highest BCUT2D eigenvalue weighted by Gasteiger charge is 2.36. The van der Waals surface area contributed by atoms with Crippen molar-refractivity contribution >= 4 is 11.6 Å². The van der Waals surface area contributed by atoms with Gasteiger partial charge in [0.1, 0.15) is 5.15 Å². The summed E-state index contributed by atoms with van der Waals surface area (Å²) in [7, 11) is 1.81. The molecule has 3 nitrogen and oxygen atoms in total. The SMILES string of the molecule is Cc1nn(C)c(Cl)c1CC(C)(O)C(C)(C)C. The second-order valence-electron chi connectivity index (χ2n) is 5.68. The molecule has 0 aliphatic rings. The fourth-order valence-electron chi connectivity index (χ4n) is 1.48. The Balaban J connectivity index is 3.06. The predicted molar refractivity (Wildman–Crippen MR) is 66.7 cm³/mol. The molecule has 0 aliphatic heterocycles. The Morgan fingerprint density at radius 1 is 1.31 bits per heavy atom. The van der Waals surface area contributed by atoms with Gasteiger partial charge in [-0.3, -0.25) is 4.68 Å². The lowest BCUT2D eigenvalue weighted by Crippen LogP contribution is -2.41. The number of aryl methyl sites for hydroxylation is 2. The van der Waals surface area contributed by atoms with Crippen LogP contribution in [0, 0.1) is 12.3 Å². The minimum absolute atomic E-state index is 0.196. The predicted octanol–water partition coefficient (Wildman–Crippen LogP) is 2.72. The monoisotopic (exact) mass is 244 g/mol. The van der Waals surface area contributed by atoms with Crippen LogP contribution in [0.25, 0.3) is 0 Å². The summed E-state index contributed by atoms with van der Waals surface area (Å²) in [4.78, 5) is 0. The molecule has 0 aromatic carbocycles. The molecule has 0 aliphatic carbocycles. The standard InChI is InChI=1S/C12H21ClN2O/c1-8-9(10(13)15(6)14-8)7-12(5,16)11(2,3)4/h16H,7H2,1-6H3. The van der Waals surface area contributed by atoms with Crippen LogP contribution in [0.15, 0.2) is 0 Å². The third-order valence-electron chi connectivity index (χ3n) is 3.41. The van der Waals surface area contributed by atoms with Gasteiger partial charge in [0.2, 0.25) is 0 Å². The average molecular weight is 245 g/mol. The molecule has 0 spiro atoms. The van der Waals surface area contributed by atoms with Crippen molar-refractivity contribution < 1.29 is 5.11 Å². The smallest absolute Gasteiger partial charge is 0.130 e. The maximum absolute atomic E-state index is 10.5. The van der Waals surface area contributed by atoms with Gasteiger partial charge >= 0.3 is 0 Å². The van der Waals surface area contributed by atoms with E-state index in [0.29, 0.717) is 11.6 Å². The van der Waals surface area contributed by atoms with E-state index in [0.717, 1.165) is 11.3 Å². The second-order valence-corrected chi connectivity index (χ2v) is 6.04. The van der Waals surface area contributed by atoms with Crippen LogP contribution in [0.1, 0.15) is 39.0 Å². The van der Waals surface area contributed by atoms with E-state index in [-0.39, 0.29) is 5.41 Å². The van der Waals surface area contributed by atoms with Gasteiger partial charge in [-0.25, -0.2) is 0 Å². The first-order valence-electron chi connectivity index (χ1n) is 5.46. The van der Waals surface area contributed by atoms with Crippen molar-refractivity contribution in [3.8, 4) is 0 Å². The van der Waals surface area contributed by atoms with Gasteiger partial charge in [0.15, 0.2) is 0 Å². The van der Waals surface area contributed by atoms with Crippen molar-refractivity contribution in [3.63, 3.8) is 0 Å². The Labute approximate surface area is 102 Å². The normalized spacial score (nSPS) is 16.2. The molecule has 1 N–H and O–H groups in total. The van der Waals surface area contributed by atoms with Crippen molar-refractivity contribution in [3.05, 3.63) is 16.4 Å². The Bertz CT molecular complexity index is 388. The van der Waals surface area contributed by atoms with E-state index in [4.69, 9.17) is 11.6 Å². The third-order valence-corrected chi connectivity index (χ3v) is 3.88. The molecular formula is C12H21ClN2O. The molecule has 0 radical (unpaired) electrons. The Morgan fingerprint density at radius 2 is 1.81 bits per heavy atom. The molecule has 1 heterocycles. The van der Waals surface area contributed by atoms with Crippen LogP contribution in [0.2, 0.25) is 5.15 Å². The molecule has 92 valence electrons. The summed E-state index contributed by atoms with van der Waals surface area (Å²) in [5.41, 5.74) is 0.823. The van der Waals surface area contributed by atoms with E-state index in [1.807, 2.05) is 41.7 Å².